The molecule has 1 atom stereocenters. The number of hydrogen-bond donors (Lipinski definition) is 0. The first-order valence-corrected chi connectivity index (χ1v) is 7.68. The van der Waals surface area contributed by atoms with Crippen LogP contribution in [0.1, 0.15) is 22.8 Å². The van der Waals surface area contributed by atoms with Gasteiger partial charge in [0.2, 0.25) is 6.23 Å². The predicted molar refractivity (Wildman–Crippen MR) is 83.5 cm³/mol. The Balaban J connectivity index is 1.95. The second kappa shape index (κ2) is 6.79. The molecule has 1 unspecified atom stereocenters. The van der Waals surface area contributed by atoms with E-state index in [2.05, 4.69) is 10.2 Å². The van der Waals surface area contributed by atoms with Crippen molar-refractivity contribution in [1.82, 2.24) is 19.9 Å². The summed E-state index contributed by atoms with van der Waals surface area (Å²) in [5, 5.41) is 8.16. The van der Waals surface area contributed by atoms with E-state index < -0.39 is 12.2 Å². The number of rotatable bonds is 4. The summed E-state index contributed by atoms with van der Waals surface area (Å²) in [6.07, 6.45) is 2.06. The maximum Gasteiger partial charge on any atom is 0.356 e. The van der Waals surface area contributed by atoms with E-state index >= 15 is 0 Å². The Bertz CT molecular complexity index is 745. The minimum Gasteiger partial charge on any atom is -0.463 e. The van der Waals surface area contributed by atoms with E-state index in [0.29, 0.717) is 17.8 Å². The molecule has 126 valence electrons. The molecule has 1 fully saturated rings. The molecule has 1 aliphatic heterocycles. The van der Waals surface area contributed by atoms with Crippen molar-refractivity contribution < 1.29 is 19.1 Å². The molecule has 3 rings (SSSR count). The molecule has 1 saturated heterocycles. The maximum absolute atomic E-state index is 13.0. The topological polar surface area (TPSA) is 86.5 Å². The van der Waals surface area contributed by atoms with E-state index in [-0.39, 0.29) is 19.1 Å². The Morgan fingerprint density at radius 1 is 1.33 bits per heavy atom. The summed E-state index contributed by atoms with van der Waals surface area (Å²) in [6, 6.07) is 5.40. The van der Waals surface area contributed by atoms with Crippen LogP contribution in [0.2, 0.25) is 0 Å². The fourth-order valence-corrected chi connectivity index (χ4v) is 2.58. The molecule has 8 nitrogen and oxygen atoms in total. The number of nitrogens with zero attached hydrogens (tertiary/aromatic N) is 4. The molecule has 0 saturated carbocycles. The number of aryl methyl sites for hydroxylation is 1. The van der Waals surface area contributed by atoms with Crippen LogP contribution in [-0.4, -0.2) is 57.8 Å². The van der Waals surface area contributed by atoms with Crippen LogP contribution >= 0.6 is 0 Å². The maximum atomic E-state index is 13.0. The number of hydrogen-bond acceptors (Lipinski definition) is 6. The zero-order valence-corrected chi connectivity index (χ0v) is 13.5. The van der Waals surface area contributed by atoms with Gasteiger partial charge in [-0.3, -0.25) is 4.79 Å². The summed E-state index contributed by atoms with van der Waals surface area (Å²) in [7, 11) is 0. The Kier molecular flexibility index (Phi) is 4.57. The van der Waals surface area contributed by atoms with Gasteiger partial charge in [0.15, 0.2) is 0 Å². The number of carbonyl (C=O) groups excluding carboxylic acids is 2. The van der Waals surface area contributed by atoms with Crippen LogP contribution in [0.5, 0.6) is 0 Å². The first-order valence-electron chi connectivity index (χ1n) is 7.68. The van der Waals surface area contributed by atoms with Gasteiger partial charge in [0, 0.05) is 6.54 Å². The van der Waals surface area contributed by atoms with Crippen LogP contribution in [0.4, 0.5) is 0 Å². The highest BCUT2D eigenvalue weighted by Gasteiger charge is 2.37. The molecule has 0 N–H and O–H groups in total. The van der Waals surface area contributed by atoms with Crippen molar-refractivity contribution in [2.24, 2.45) is 0 Å². The van der Waals surface area contributed by atoms with Crippen molar-refractivity contribution in [3.8, 4) is 5.69 Å². The lowest BCUT2D eigenvalue weighted by atomic mass is 10.1. The smallest absolute Gasteiger partial charge is 0.356 e. The van der Waals surface area contributed by atoms with Crippen LogP contribution in [0.3, 0.4) is 0 Å². The van der Waals surface area contributed by atoms with Gasteiger partial charge in [-0.25, -0.2) is 4.79 Å². The lowest BCUT2D eigenvalue weighted by molar-refractivity contribution is -0.159. The van der Waals surface area contributed by atoms with E-state index in [1.807, 2.05) is 13.0 Å². The molecular weight excluding hydrogens is 312 g/mol. The van der Waals surface area contributed by atoms with E-state index in [0.717, 1.165) is 5.56 Å². The first-order chi connectivity index (χ1) is 11.6. The Morgan fingerprint density at radius 2 is 2.08 bits per heavy atom. The molecule has 0 radical (unpaired) electrons. The lowest BCUT2D eigenvalue weighted by Crippen LogP contribution is -2.42. The zero-order valence-electron chi connectivity index (χ0n) is 13.5. The molecule has 1 aromatic heterocycles. The number of carbonyl (C=O) groups is 2. The summed E-state index contributed by atoms with van der Waals surface area (Å²) >= 11 is 0. The highest BCUT2D eigenvalue weighted by Crippen LogP contribution is 2.21. The number of benzene rings is 1. The minimum atomic E-state index is -1.02. The number of aromatic nitrogens is 3. The standard InChI is InChI=1S/C16H18N4O4/c1-3-23-16(22)15-19(8-9-24-15)14(21)12-10-11(2)4-5-13(12)20-17-6-7-18-20/h4-7,10,15H,3,8-9H2,1-2H3. The Hall–Kier alpha value is -2.74. The minimum absolute atomic E-state index is 0.230. The molecule has 24 heavy (non-hydrogen) atoms. The van der Waals surface area contributed by atoms with Gasteiger partial charge in [-0.15, -0.1) is 0 Å². The summed E-state index contributed by atoms with van der Waals surface area (Å²) in [5.41, 5.74) is 1.87. The normalized spacial score (nSPS) is 17.1. The Labute approximate surface area is 139 Å². The molecule has 0 aliphatic carbocycles. The second-order valence-electron chi connectivity index (χ2n) is 5.31. The Morgan fingerprint density at radius 3 is 2.79 bits per heavy atom. The highest BCUT2D eigenvalue weighted by atomic mass is 16.6. The van der Waals surface area contributed by atoms with Crippen LogP contribution in [0, 0.1) is 6.92 Å². The highest BCUT2D eigenvalue weighted by molar-refractivity contribution is 6.00. The average molecular weight is 330 g/mol. The fraction of sp³-hybridized carbons (Fsp3) is 0.375. The van der Waals surface area contributed by atoms with Crippen LogP contribution in [-0.2, 0) is 14.3 Å². The van der Waals surface area contributed by atoms with Gasteiger partial charge >= 0.3 is 5.97 Å². The van der Waals surface area contributed by atoms with Gasteiger partial charge in [-0.2, -0.15) is 15.0 Å². The van der Waals surface area contributed by atoms with Gasteiger partial charge in [-0.05, 0) is 26.0 Å². The summed E-state index contributed by atoms with van der Waals surface area (Å²) in [5.74, 6) is -0.878. The van der Waals surface area contributed by atoms with Gasteiger partial charge < -0.3 is 14.4 Å². The quantitative estimate of drug-likeness (QED) is 0.776. The molecular formula is C16H18N4O4. The number of ether oxygens (including phenoxy) is 2. The van der Waals surface area contributed by atoms with Crippen molar-refractivity contribution in [1.29, 1.82) is 0 Å². The average Bonchev–Trinajstić information content (AvgIpc) is 3.26. The van der Waals surface area contributed by atoms with Crippen LogP contribution in [0.25, 0.3) is 5.69 Å². The summed E-state index contributed by atoms with van der Waals surface area (Å²) in [6.45, 7) is 4.44. The lowest BCUT2D eigenvalue weighted by Gasteiger charge is -2.22. The van der Waals surface area contributed by atoms with E-state index in [9.17, 15) is 9.59 Å². The van der Waals surface area contributed by atoms with Crippen LogP contribution in [0.15, 0.2) is 30.6 Å². The van der Waals surface area contributed by atoms with E-state index in [1.54, 1.807) is 19.1 Å². The van der Waals surface area contributed by atoms with Gasteiger partial charge in [0.05, 0.1) is 36.9 Å². The summed E-state index contributed by atoms with van der Waals surface area (Å²) in [4.78, 5) is 27.8. The van der Waals surface area contributed by atoms with Gasteiger partial charge in [0.1, 0.15) is 0 Å². The predicted octanol–water partition coefficient (Wildman–Crippen LogP) is 0.937. The molecule has 0 bridgehead atoms. The van der Waals surface area contributed by atoms with Crippen molar-refractivity contribution in [2.75, 3.05) is 19.8 Å². The van der Waals surface area contributed by atoms with Gasteiger partial charge in [0.25, 0.3) is 5.91 Å². The number of esters is 1. The van der Waals surface area contributed by atoms with E-state index in [1.165, 1.54) is 22.1 Å². The molecule has 0 spiro atoms. The fourth-order valence-electron chi connectivity index (χ4n) is 2.58. The third-order valence-corrected chi connectivity index (χ3v) is 3.66. The third kappa shape index (κ3) is 3.00. The first kappa shape index (κ1) is 16.1. The van der Waals surface area contributed by atoms with E-state index in [4.69, 9.17) is 9.47 Å². The third-order valence-electron chi connectivity index (χ3n) is 3.66. The SMILES string of the molecule is CCOC(=O)C1OCCN1C(=O)c1cc(C)ccc1-n1nccn1. The van der Waals surface area contributed by atoms with Crippen molar-refractivity contribution in [2.45, 2.75) is 20.1 Å². The molecule has 1 amide bonds. The number of amides is 1. The van der Waals surface area contributed by atoms with Gasteiger partial charge in [-0.1, -0.05) is 11.6 Å². The molecule has 8 heteroatoms. The monoisotopic (exact) mass is 330 g/mol. The molecule has 2 heterocycles. The second-order valence-corrected chi connectivity index (χ2v) is 5.31. The summed E-state index contributed by atoms with van der Waals surface area (Å²) < 4.78 is 10.4. The van der Waals surface area contributed by atoms with Crippen molar-refractivity contribution in [3.63, 3.8) is 0 Å². The molecule has 2 aromatic rings. The van der Waals surface area contributed by atoms with Crippen molar-refractivity contribution in [3.05, 3.63) is 41.7 Å². The molecule has 1 aliphatic rings. The molecule has 1 aromatic carbocycles. The van der Waals surface area contributed by atoms with Crippen LogP contribution < -0.4 is 0 Å². The van der Waals surface area contributed by atoms with Crippen molar-refractivity contribution >= 4 is 11.9 Å². The zero-order chi connectivity index (χ0) is 17.1. The largest absolute Gasteiger partial charge is 0.463 e.